The van der Waals surface area contributed by atoms with Crippen molar-refractivity contribution in [2.24, 2.45) is 0 Å². The maximum Gasteiger partial charge on any atom is 0.410 e. The topological polar surface area (TPSA) is 142 Å². The number of piperazine rings is 1. The second-order valence-corrected chi connectivity index (χ2v) is 11.7. The van der Waals surface area contributed by atoms with E-state index in [0.29, 0.717) is 6.54 Å². The third kappa shape index (κ3) is 8.56. The number of ether oxygens (including phenoxy) is 2. The summed E-state index contributed by atoms with van der Waals surface area (Å²) in [6.45, 7) is 19.4. The molecule has 1 aliphatic rings. The van der Waals surface area contributed by atoms with E-state index in [-0.39, 0.29) is 30.1 Å². The number of benzene rings is 1. The number of nitrogens with one attached hydrogen (secondary N) is 2. The number of hydrogen-bond acceptors (Lipinski definition) is 10. The van der Waals surface area contributed by atoms with E-state index < -0.39 is 23.8 Å². The SMILES string of the molecule is Cc1cc(CN2CCN(C(=O)OC(C)C)[C@@H](C)C2)c(C)c(Nc2nnc(C(NC(=O)OC(C)(C)C)C(C)O)o2)c1. The van der Waals surface area contributed by atoms with E-state index in [2.05, 4.69) is 31.8 Å². The zero-order valence-corrected chi connectivity index (χ0v) is 25.1. The normalized spacial score (nSPS) is 17.9. The predicted molar refractivity (Wildman–Crippen MR) is 150 cm³/mol. The van der Waals surface area contributed by atoms with Gasteiger partial charge in [-0.2, -0.15) is 0 Å². The molecule has 0 radical (unpaired) electrons. The molecule has 0 bridgehead atoms. The molecular formula is C28H44N6O6. The zero-order chi connectivity index (χ0) is 29.8. The third-order valence-corrected chi connectivity index (χ3v) is 6.44. The number of anilines is 2. The van der Waals surface area contributed by atoms with Gasteiger partial charge in [0.05, 0.1) is 12.2 Å². The molecule has 0 spiro atoms. The molecule has 2 unspecified atom stereocenters. The van der Waals surface area contributed by atoms with Crippen molar-refractivity contribution in [3.05, 3.63) is 34.7 Å². The van der Waals surface area contributed by atoms with Crippen LogP contribution in [-0.2, 0) is 16.0 Å². The van der Waals surface area contributed by atoms with Gasteiger partial charge in [-0.1, -0.05) is 11.2 Å². The summed E-state index contributed by atoms with van der Waals surface area (Å²) in [7, 11) is 0. The molecule has 1 aromatic heterocycles. The Morgan fingerprint density at radius 3 is 2.48 bits per heavy atom. The Morgan fingerprint density at radius 1 is 1.18 bits per heavy atom. The highest BCUT2D eigenvalue weighted by atomic mass is 16.6. The van der Waals surface area contributed by atoms with Crippen molar-refractivity contribution in [1.29, 1.82) is 0 Å². The van der Waals surface area contributed by atoms with Crippen molar-refractivity contribution >= 4 is 23.9 Å². The molecule has 2 amide bonds. The fourth-order valence-corrected chi connectivity index (χ4v) is 4.54. The van der Waals surface area contributed by atoms with Gasteiger partial charge < -0.3 is 34.5 Å². The Bertz CT molecular complexity index is 1170. The molecule has 1 aliphatic heterocycles. The number of carbonyl (C=O) groups excluding carboxylic acids is 2. The van der Waals surface area contributed by atoms with E-state index in [0.717, 1.165) is 42.0 Å². The molecule has 3 rings (SSSR count). The van der Waals surface area contributed by atoms with Gasteiger partial charge in [-0.3, -0.25) is 4.90 Å². The first-order chi connectivity index (χ1) is 18.6. The molecule has 12 nitrogen and oxygen atoms in total. The number of amides is 2. The number of rotatable bonds is 8. The van der Waals surface area contributed by atoms with Crippen molar-refractivity contribution in [2.45, 2.75) is 98.8 Å². The molecule has 1 saturated heterocycles. The van der Waals surface area contributed by atoms with Gasteiger partial charge in [0.2, 0.25) is 5.89 Å². The van der Waals surface area contributed by atoms with Crippen LogP contribution in [0.1, 0.15) is 77.1 Å². The van der Waals surface area contributed by atoms with Crippen molar-refractivity contribution in [2.75, 3.05) is 25.0 Å². The second kappa shape index (κ2) is 12.9. The number of aromatic nitrogens is 2. The minimum absolute atomic E-state index is 0.0377. The third-order valence-electron chi connectivity index (χ3n) is 6.44. The average molecular weight is 561 g/mol. The van der Waals surface area contributed by atoms with E-state index in [1.165, 1.54) is 6.92 Å². The molecule has 0 aliphatic carbocycles. The van der Waals surface area contributed by atoms with Crippen LogP contribution in [0.2, 0.25) is 0 Å². The summed E-state index contributed by atoms with van der Waals surface area (Å²) in [5, 5.41) is 24.1. The highest BCUT2D eigenvalue weighted by molar-refractivity contribution is 5.69. The molecule has 2 heterocycles. The van der Waals surface area contributed by atoms with E-state index in [9.17, 15) is 14.7 Å². The van der Waals surface area contributed by atoms with E-state index in [1.807, 2.05) is 40.7 Å². The van der Waals surface area contributed by atoms with Crippen LogP contribution in [0.15, 0.2) is 16.5 Å². The lowest BCUT2D eigenvalue weighted by molar-refractivity contribution is 0.0348. The Morgan fingerprint density at radius 2 is 1.88 bits per heavy atom. The molecule has 3 atom stereocenters. The van der Waals surface area contributed by atoms with Crippen LogP contribution in [0.25, 0.3) is 0 Å². The summed E-state index contributed by atoms with van der Waals surface area (Å²) < 4.78 is 16.5. The molecule has 3 N–H and O–H groups in total. The average Bonchev–Trinajstić information content (AvgIpc) is 3.26. The van der Waals surface area contributed by atoms with Gasteiger partial charge in [-0.05, 0) is 85.1 Å². The van der Waals surface area contributed by atoms with Gasteiger partial charge in [0, 0.05) is 37.9 Å². The van der Waals surface area contributed by atoms with Crippen LogP contribution in [0.3, 0.4) is 0 Å². The molecule has 12 heteroatoms. The summed E-state index contributed by atoms with van der Waals surface area (Å²) in [5.74, 6) is 0.0525. The number of aryl methyl sites for hydroxylation is 1. The maximum atomic E-state index is 12.4. The lowest BCUT2D eigenvalue weighted by Gasteiger charge is -2.39. The second-order valence-electron chi connectivity index (χ2n) is 11.7. The van der Waals surface area contributed by atoms with E-state index in [4.69, 9.17) is 13.9 Å². The van der Waals surface area contributed by atoms with Gasteiger partial charge in [-0.25, -0.2) is 9.59 Å². The number of hydrogen-bond donors (Lipinski definition) is 3. The molecule has 0 saturated carbocycles. The van der Waals surface area contributed by atoms with Gasteiger partial charge in [0.1, 0.15) is 11.6 Å². The minimum Gasteiger partial charge on any atom is -0.447 e. The summed E-state index contributed by atoms with van der Waals surface area (Å²) in [4.78, 5) is 28.8. The molecular weight excluding hydrogens is 516 g/mol. The van der Waals surface area contributed by atoms with Crippen LogP contribution in [-0.4, -0.2) is 80.8 Å². The molecule has 40 heavy (non-hydrogen) atoms. The Labute approximate surface area is 236 Å². The molecule has 1 fully saturated rings. The van der Waals surface area contributed by atoms with E-state index in [1.54, 1.807) is 25.7 Å². The minimum atomic E-state index is -0.997. The van der Waals surface area contributed by atoms with Crippen molar-refractivity contribution in [3.63, 3.8) is 0 Å². The summed E-state index contributed by atoms with van der Waals surface area (Å²) in [6.07, 6.45) is -2.11. The first-order valence-corrected chi connectivity index (χ1v) is 13.7. The van der Waals surface area contributed by atoms with Gasteiger partial charge in [0.15, 0.2) is 0 Å². The number of nitrogens with zero attached hydrogens (tertiary/aromatic N) is 4. The summed E-state index contributed by atoms with van der Waals surface area (Å²) in [6, 6.07) is 3.38. The lowest BCUT2D eigenvalue weighted by Crippen LogP contribution is -2.54. The standard InChI is InChI=1S/C28H44N6O6/c1-16(2)38-27(37)34-11-10-33(14-18(34)4)15-21-12-17(3)13-22(19(21)5)29-25-32-31-24(39-25)23(20(6)35)30-26(36)40-28(7,8)9/h12-13,16,18,20,23,35H,10-11,14-15H2,1-9H3,(H,29,32)(H,30,36)/t18-,20?,23?/m0/s1. The number of aliphatic hydroxyl groups excluding tert-OH is 1. The summed E-state index contributed by atoms with van der Waals surface area (Å²) >= 11 is 0. The number of aliphatic hydroxyl groups is 1. The van der Waals surface area contributed by atoms with Crippen molar-refractivity contribution in [1.82, 2.24) is 25.3 Å². The van der Waals surface area contributed by atoms with E-state index >= 15 is 0 Å². The van der Waals surface area contributed by atoms with Gasteiger partial charge in [0.25, 0.3) is 0 Å². The molecule has 222 valence electrons. The van der Waals surface area contributed by atoms with Crippen molar-refractivity contribution in [3.8, 4) is 0 Å². The monoisotopic (exact) mass is 560 g/mol. The van der Waals surface area contributed by atoms with Crippen LogP contribution in [0.4, 0.5) is 21.3 Å². The van der Waals surface area contributed by atoms with Crippen LogP contribution >= 0.6 is 0 Å². The first-order valence-electron chi connectivity index (χ1n) is 13.7. The van der Waals surface area contributed by atoms with Crippen LogP contribution in [0.5, 0.6) is 0 Å². The smallest absolute Gasteiger partial charge is 0.410 e. The Hall–Kier alpha value is -3.38. The lowest BCUT2D eigenvalue weighted by atomic mass is 10.0. The number of alkyl carbamates (subject to hydrolysis) is 1. The highest BCUT2D eigenvalue weighted by Gasteiger charge is 2.30. The summed E-state index contributed by atoms with van der Waals surface area (Å²) in [5.41, 5.74) is 3.34. The Kier molecular flexibility index (Phi) is 10.0. The maximum absolute atomic E-state index is 12.4. The van der Waals surface area contributed by atoms with Crippen LogP contribution in [0, 0.1) is 13.8 Å². The highest BCUT2D eigenvalue weighted by Crippen LogP contribution is 2.28. The molecule has 2 aromatic rings. The predicted octanol–water partition coefficient (Wildman–Crippen LogP) is 4.43. The quantitative estimate of drug-likeness (QED) is 0.424. The van der Waals surface area contributed by atoms with Gasteiger partial charge >= 0.3 is 18.2 Å². The first kappa shape index (κ1) is 31.2. The van der Waals surface area contributed by atoms with Crippen LogP contribution < -0.4 is 10.6 Å². The number of carbonyl (C=O) groups is 2. The molecule has 1 aromatic carbocycles. The Balaban J connectivity index is 1.70. The zero-order valence-electron chi connectivity index (χ0n) is 25.1. The fraction of sp³-hybridized carbons (Fsp3) is 0.643. The largest absolute Gasteiger partial charge is 0.447 e. The van der Waals surface area contributed by atoms with Gasteiger partial charge in [-0.15, -0.1) is 5.10 Å². The fourth-order valence-electron chi connectivity index (χ4n) is 4.54. The van der Waals surface area contributed by atoms with Crippen molar-refractivity contribution < 1.29 is 28.6 Å².